The number of carbonyl (C=O) groups is 2. The van der Waals surface area contributed by atoms with E-state index < -0.39 is 28.0 Å². The first-order valence-electron chi connectivity index (χ1n) is 7.72. The third-order valence-electron chi connectivity index (χ3n) is 4.08. The topological polar surface area (TPSA) is 81.4 Å². The smallest absolute Gasteiger partial charge is 0.455 e. The molecule has 0 fully saturated rings. The van der Waals surface area contributed by atoms with Gasteiger partial charge in [-0.15, -0.1) is 0 Å². The van der Waals surface area contributed by atoms with Crippen molar-refractivity contribution in [1.82, 2.24) is 14.0 Å². The van der Waals surface area contributed by atoms with Gasteiger partial charge in [0.1, 0.15) is 35.7 Å². The average Bonchev–Trinajstić information content (AvgIpc) is 2.89. The van der Waals surface area contributed by atoms with E-state index >= 15 is 0 Å². The second-order valence-corrected chi connectivity index (χ2v) is 7.18. The summed E-state index contributed by atoms with van der Waals surface area (Å²) >= 11 is 0. The number of halogens is 1. The molecule has 3 rings (SSSR count). The molecule has 0 radical (unpaired) electrons. The number of hydrogen-bond donors (Lipinski definition) is 1. The van der Waals surface area contributed by atoms with Crippen molar-refractivity contribution in [2.45, 2.75) is 32.9 Å². The fourth-order valence-corrected chi connectivity index (χ4v) is 2.88. The monoisotopic (exact) mass is 348 g/mol. The molecule has 1 aromatic heterocycles. The van der Waals surface area contributed by atoms with Crippen molar-refractivity contribution in [2.24, 2.45) is 0 Å². The molecule has 1 N–H and O–H groups in total. The average molecular weight is 348 g/mol. The highest BCUT2D eigenvalue weighted by molar-refractivity contribution is 5.91. The van der Waals surface area contributed by atoms with Crippen molar-refractivity contribution >= 4 is 17.7 Å². The molecule has 1 aliphatic heterocycles. The van der Waals surface area contributed by atoms with Gasteiger partial charge >= 0.3 is 12.1 Å². The number of esters is 1. The first-order valence-corrected chi connectivity index (χ1v) is 7.72. The Hall–Kier alpha value is -2.74. The van der Waals surface area contributed by atoms with Crippen LogP contribution < -0.4 is 4.48 Å². The number of ether oxygens (including phenoxy) is 1. The van der Waals surface area contributed by atoms with E-state index in [1.807, 2.05) is 0 Å². The minimum atomic E-state index is -1.16. The number of carboxylic acid groups (broad SMARTS) is 1. The predicted octanol–water partition coefficient (Wildman–Crippen LogP) is 3.10. The van der Waals surface area contributed by atoms with Gasteiger partial charge < -0.3 is 9.84 Å². The molecule has 1 amide bonds. The van der Waals surface area contributed by atoms with E-state index in [9.17, 15) is 19.1 Å². The summed E-state index contributed by atoms with van der Waals surface area (Å²) in [5.74, 6) is -1.15. The molecule has 132 valence electrons. The van der Waals surface area contributed by atoms with Gasteiger partial charge in [0.05, 0.1) is 7.05 Å². The van der Waals surface area contributed by atoms with Crippen molar-refractivity contribution in [3.63, 3.8) is 0 Å². The van der Waals surface area contributed by atoms with Gasteiger partial charge in [-0.2, -0.15) is 9.28 Å². The third-order valence-corrected chi connectivity index (χ3v) is 4.08. The molecule has 0 bridgehead atoms. The zero-order valence-corrected chi connectivity index (χ0v) is 14.4. The Kier molecular flexibility index (Phi) is 3.68. The van der Waals surface area contributed by atoms with Crippen molar-refractivity contribution in [3.05, 3.63) is 41.7 Å². The number of imidazole rings is 1. The van der Waals surface area contributed by atoms with Crippen LogP contribution >= 0.6 is 0 Å². The normalized spacial score (nSPS) is 19.1. The standard InChI is InChI=1S/C17H18FN3O4/c1-17(2,3)25-15(22)14-12-8-21(4,16(23)24)13-7-10(18)5-6-11(13)20(12)9-19-14/h5-7,9H,8H2,1-4H3/p+1. The van der Waals surface area contributed by atoms with Gasteiger partial charge in [0.15, 0.2) is 11.4 Å². The number of hydrogen-bond acceptors (Lipinski definition) is 4. The Labute approximate surface area is 143 Å². The van der Waals surface area contributed by atoms with Gasteiger partial charge in [-0.25, -0.2) is 14.2 Å². The number of benzene rings is 1. The van der Waals surface area contributed by atoms with Crippen molar-refractivity contribution in [1.29, 1.82) is 0 Å². The lowest BCUT2D eigenvalue weighted by atomic mass is 10.1. The molecular formula is C17H19FN3O4+. The van der Waals surface area contributed by atoms with E-state index in [0.717, 1.165) is 0 Å². The molecular weight excluding hydrogens is 329 g/mol. The molecule has 2 heterocycles. The Bertz CT molecular complexity index is 885. The lowest BCUT2D eigenvalue weighted by Gasteiger charge is -2.33. The molecule has 8 heteroatoms. The van der Waals surface area contributed by atoms with Crippen LogP contribution in [0.25, 0.3) is 5.69 Å². The van der Waals surface area contributed by atoms with E-state index in [4.69, 9.17) is 4.74 Å². The van der Waals surface area contributed by atoms with Crippen LogP contribution in [0, 0.1) is 5.82 Å². The second-order valence-electron chi connectivity index (χ2n) is 7.18. The molecule has 1 aromatic carbocycles. The van der Waals surface area contributed by atoms with Crippen LogP contribution in [0.15, 0.2) is 24.5 Å². The quantitative estimate of drug-likeness (QED) is 0.633. The third kappa shape index (κ3) is 2.78. The first-order chi connectivity index (χ1) is 11.5. The maximum Gasteiger partial charge on any atom is 0.518 e. The lowest BCUT2D eigenvalue weighted by Crippen LogP contribution is -2.52. The van der Waals surface area contributed by atoms with E-state index in [0.29, 0.717) is 11.4 Å². The van der Waals surface area contributed by atoms with Gasteiger partial charge in [-0.1, -0.05) is 0 Å². The van der Waals surface area contributed by atoms with E-state index in [-0.39, 0.29) is 17.9 Å². The molecule has 0 spiro atoms. The summed E-state index contributed by atoms with van der Waals surface area (Å²) < 4.78 is 20.1. The minimum Gasteiger partial charge on any atom is -0.455 e. The fraction of sp³-hybridized carbons (Fsp3) is 0.353. The second kappa shape index (κ2) is 5.38. The number of aromatic nitrogens is 2. The van der Waals surface area contributed by atoms with Crippen LogP contribution in [0.1, 0.15) is 37.0 Å². The molecule has 1 aliphatic rings. The lowest BCUT2D eigenvalue weighted by molar-refractivity contribution is 0.00608. The summed E-state index contributed by atoms with van der Waals surface area (Å²) in [6, 6.07) is 3.92. The Morgan fingerprint density at radius 2 is 2.04 bits per heavy atom. The highest BCUT2D eigenvalue weighted by Crippen LogP contribution is 2.38. The summed E-state index contributed by atoms with van der Waals surface area (Å²) in [6.07, 6.45) is 0.269. The molecule has 7 nitrogen and oxygen atoms in total. The molecule has 0 aliphatic carbocycles. The minimum absolute atomic E-state index is 0.0552. The predicted molar refractivity (Wildman–Crippen MR) is 88.1 cm³/mol. The van der Waals surface area contributed by atoms with E-state index in [1.54, 1.807) is 25.3 Å². The maximum absolute atomic E-state index is 13.7. The van der Waals surface area contributed by atoms with Crippen LogP contribution in [-0.4, -0.2) is 39.4 Å². The summed E-state index contributed by atoms with van der Waals surface area (Å²) in [5, 5.41) is 9.72. The van der Waals surface area contributed by atoms with E-state index in [2.05, 4.69) is 4.98 Å². The number of quaternary nitrogens is 1. The van der Waals surface area contributed by atoms with Crippen molar-refractivity contribution in [3.8, 4) is 5.69 Å². The fourth-order valence-electron chi connectivity index (χ4n) is 2.88. The van der Waals surface area contributed by atoms with Gasteiger partial charge in [0, 0.05) is 6.07 Å². The zero-order chi connectivity index (χ0) is 18.6. The van der Waals surface area contributed by atoms with Crippen LogP contribution in [0.5, 0.6) is 0 Å². The van der Waals surface area contributed by atoms with Crippen LogP contribution in [0.4, 0.5) is 14.9 Å². The molecule has 0 saturated carbocycles. The van der Waals surface area contributed by atoms with Crippen LogP contribution in [0.3, 0.4) is 0 Å². The summed E-state index contributed by atoms with van der Waals surface area (Å²) in [5.41, 5.74) is 0.533. The van der Waals surface area contributed by atoms with Crippen LogP contribution in [-0.2, 0) is 11.3 Å². The van der Waals surface area contributed by atoms with Gasteiger partial charge in [0.25, 0.3) is 0 Å². The Morgan fingerprint density at radius 1 is 1.36 bits per heavy atom. The molecule has 1 atom stereocenters. The number of nitrogens with zero attached hydrogens (tertiary/aromatic N) is 3. The Morgan fingerprint density at radius 3 is 2.64 bits per heavy atom. The van der Waals surface area contributed by atoms with Crippen molar-refractivity contribution in [2.75, 3.05) is 7.05 Å². The largest absolute Gasteiger partial charge is 0.518 e. The van der Waals surface area contributed by atoms with E-state index in [1.165, 1.54) is 31.6 Å². The number of rotatable bonds is 1. The van der Waals surface area contributed by atoms with Crippen LogP contribution in [0.2, 0.25) is 0 Å². The summed E-state index contributed by atoms with van der Waals surface area (Å²) in [7, 11) is 1.45. The number of fused-ring (bicyclic) bond motifs is 3. The summed E-state index contributed by atoms with van der Waals surface area (Å²) in [4.78, 5) is 28.4. The van der Waals surface area contributed by atoms with Gasteiger partial charge in [-0.05, 0) is 32.9 Å². The maximum atomic E-state index is 13.7. The van der Waals surface area contributed by atoms with Gasteiger partial charge in [0.2, 0.25) is 0 Å². The van der Waals surface area contributed by atoms with Gasteiger partial charge in [-0.3, -0.25) is 4.57 Å². The first kappa shape index (κ1) is 17.1. The number of carbonyl (C=O) groups excluding carboxylic acids is 1. The molecule has 0 saturated heterocycles. The summed E-state index contributed by atoms with van der Waals surface area (Å²) in [6.45, 7) is 5.16. The highest BCUT2D eigenvalue weighted by atomic mass is 19.1. The Balaban J connectivity index is 2.17. The zero-order valence-electron chi connectivity index (χ0n) is 14.4. The highest BCUT2D eigenvalue weighted by Gasteiger charge is 2.44. The molecule has 2 aromatic rings. The molecule has 1 unspecified atom stereocenters. The van der Waals surface area contributed by atoms with Crippen molar-refractivity contribution < 1.29 is 23.8 Å². The molecule has 25 heavy (non-hydrogen) atoms. The SMILES string of the molecule is CC(C)(C)OC(=O)c1ncn2c1C[N+](C)(C(=O)O)c1cc(F)ccc1-2. The number of amides is 1.